The van der Waals surface area contributed by atoms with Gasteiger partial charge in [0, 0.05) is 5.70 Å². The highest BCUT2D eigenvalue weighted by Gasteiger charge is 2.18. The van der Waals surface area contributed by atoms with E-state index >= 15 is 0 Å². The smallest absolute Gasteiger partial charge is 0.0273 e. The van der Waals surface area contributed by atoms with Crippen LogP contribution in [-0.4, -0.2) is 0 Å². The standard InChI is InChI=1S/C12H19N/c13-12-8-4-7-11(9-12)10-5-2-1-3-6-10/h8-10H,1-7,13H2. The Labute approximate surface area is 80.7 Å². The largest absolute Gasteiger partial charge is 0.399 e. The van der Waals surface area contributed by atoms with Gasteiger partial charge in [0.05, 0.1) is 0 Å². The first-order valence-electron chi connectivity index (χ1n) is 5.52. The zero-order valence-electron chi connectivity index (χ0n) is 8.26. The van der Waals surface area contributed by atoms with Gasteiger partial charge in [0.25, 0.3) is 0 Å². The summed E-state index contributed by atoms with van der Waals surface area (Å²) in [5.41, 5.74) is 8.43. The van der Waals surface area contributed by atoms with E-state index in [1.165, 1.54) is 38.5 Å². The fourth-order valence-corrected chi connectivity index (χ4v) is 2.55. The van der Waals surface area contributed by atoms with Gasteiger partial charge in [-0.25, -0.2) is 0 Å². The van der Waals surface area contributed by atoms with E-state index in [9.17, 15) is 0 Å². The van der Waals surface area contributed by atoms with Crippen LogP contribution >= 0.6 is 0 Å². The van der Waals surface area contributed by atoms with Crippen molar-refractivity contribution in [1.82, 2.24) is 0 Å². The van der Waals surface area contributed by atoms with Crippen molar-refractivity contribution in [1.29, 1.82) is 0 Å². The van der Waals surface area contributed by atoms with Crippen molar-refractivity contribution in [2.45, 2.75) is 44.9 Å². The second-order valence-electron chi connectivity index (χ2n) is 4.30. The van der Waals surface area contributed by atoms with Gasteiger partial charge in [-0.1, -0.05) is 30.9 Å². The number of hydrogen-bond acceptors (Lipinski definition) is 1. The molecule has 0 aromatic rings. The molecule has 1 saturated carbocycles. The lowest BCUT2D eigenvalue weighted by Crippen LogP contribution is -2.12. The predicted octanol–water partition coefficient (Wildman–Crippen LogP) is 3.13. The highest BCUT2D eigenvalue weighted by molar-refractivity contribution is 5.26. The van der Waals surface area contributed by atoms with Gasteiger partial charge in [0.1, 0.15) is 0 Å². The minimum absolute atomic E-state index is 0.862. The van der Waals surface area contributed by atoms with Crippen LogP contribution in [0.4, 0.5) is 0 Å². The molecule has 0 amide bonds. The van der Waals surface area contributed by atoms with Crippen LogP contribution in [0.25, 0.3) is 0 Å². The molecule has 0 spiro atoms. The Hall–Kier alpha value is -0.720. The fraction of sp³-hybridized carbons (Fsp3) is 0.667. The summed E-state index contributed by atoms with van der Waals surface area (Å²) >= 11 is 0. The van der Waals surface area contributed by atoms with Crippen LogP contribution in [0.3, 0.4) is 0 Å². The lowest BCUT2D eigenvalue weighted by molar-refractivity contribution is 0.394. The van der Waals surface area contributed by atoms with E-state index in [4.69, 9.17) is 5.73 Å². The summed E-state index contributed by atoms with van der Waals surface area (Å²) in [5, 5.41) is 0. The number of rotatable bonds is 1. The summed E-state index contributed by atoms with van der Waals surface area (Å²) in [7, 11) is 0. The number of nitrogens with two attached hydrogens (primary N) is 1. The van der Waals surface area contributed by atoms with Crippen molar-refractivity contribution < 1.29 is 0 Å². The Morgan fingerprint density at radius 2 is 1.92 bits per heavy atom. The molecule has 2 rings (SSSR count). The second-order valence-corrected chi connectivity index (χ2v) is 4.30. The Bertz CT molecular complexity index is 232. The topological polar surface area (TPSA) is 26.0 Å². The summed E-state index contributed by atoms with van der Waals surface area (Å²) in [6.45, 7) is 0. The first kappa shape index (κ1) is 8.86. The van der Waals surface area contributed by atoms with Gasteiger partial charge < -0.3 is 5.73 Å². The number of hydrogen-bond donors (Lipinski definition) is 1. The van der Waals surface area contributed by atoms with Crippen molar-refractivity contribution in [2.75, 3.05) is 0 Å². The van der Waals surface area contributed by atoms with Crippen molar-refractivity contribution in [3.05, 3.63) is 23.4 Å². The summed E-state index contributed by atoms with van der Waals surface area (Å²) in [5.74, 6) is 0.862. The number of allylic oxidation sites excluding steroid dienone is 3. The first-order valence-corrected chi connectivity index (χ1v) is 5.52. The molecule has 0 heterocycles. The van der Waals surface area contributed by atoms with Gasteiger partial charge in [-0.15, -0.1) is 0 Å². The van der Waals surface area contributed by atoms with Crippen LogP contribution in [0, 0.1) is 5.92 Å². The average Bonchev–Trinajstić information content (AvgIpc) is 2.19. The zero-order chi connectivity index (χ0) is 9.10. The minimum atomic E-state index is 0.862. The van der Waals surface area contributed by atoms with Crippen LogP contribution in [-0.2, 0) is 0 Å². The molecule has 1 fully saturated rings. The molecule has 0 aliphatic heterocycles. The highest BCUT2D eigenvalue weighted by atomic mass is 14.6. The maximum atomic E-state index is 5.82. The van der Waals surface area contributed by atoms with E-state index in [1.54, 1.807) is 5.57 Å². The van der Waals surface area contributed by atoms with E-state index in [0.717, 1.165) is 18.0 Å². The van der Waals surface area contributed by atoms with Crippen LogP contribution in [0.1, 0.15) is 44.9 Å². The van der Waals surface area contributed by atoms with Crippen LogP contribution in [0.15, 0.2) is 23.4 Å². The summed E-state index contributed by atoms with van der Waals surface area (Å²) in [6, 6.07) is 0. The Balaban J connectivity index is 2.02. The molecule has 0 saturated heterocycles. The summed E-state index contributed by atoms with van der Waals surface area (Å²) in [6.07, 6.45) is 13.9. The Morgan fingerprint density at radius 3 is 2.62 bits per heavy atom. The zero-order valence-corrected chi connectivity index (χ0v) is 8.26. The monoisotopic (exact) mass is 177 g/mol. The lowest BCUT2D eigenvalue weighted by Gasteiger charge is -2.26. The fourth-order valence-electron chi connectivity index (χ4n) is 2.55. The Morgan fingerprint density at radius 1 is 1.15 bits per heavy atom. The molecule has 2 aliphatic rings. The van der Waals surface area contributed by atoms with Gasteiger partial charge in [0.2, 0.25) is 0 Å². The van der Waals surface area contributed by atoms with Crippen molar-refractivity contribution in [2.24, 2.45) is 11.7 Å². The molecule has 2 aliphatic carbocycles. The van der Waals surface area contributed by atoms with Gasteiger partial charge >= 0.3 is 0 Å². The molecule has 0 radical (unpaired) electrons. The van der Waals surface area contributed by atoms with E-state index in [-0.39, 0.29) is 0 Å². The van der Waals surface area contributed by atoms with Crippen molar-refractivity contribution in [3.8, 4) is 0 Å². The van der Waals surface area contributed by atoms with E-state index in [0.29, 0.717) is 0 Å². The molecule has 0 aromatic carbocycles. The molecule has 13 heavy (non-hydrogen) atoms. The molecular weight excluding hydrogens is 158 g/mol. The minimum Gasteiger partial charge on any atom is -0.399 e. The van der Waals surface area contributed by atoms with E-state index < -0.39 is 0 Å². The van der Waals surface area contributed by atoms with Crippen molar-refractivity contribution in [3.63, 3.8) is 0 Å². The van der Waals surface area contributed by atoms with Gasteiger partial charge in [0.15, 0.2) is 0 Å². The van der Waals surface area contributed by atoms with Crippen LogP contribution in [0.2, 0.25) is 0 Å². The van der Waals surface area contributed by atoms with Crippen molar-refractivity contribution >= 4 is 0 Å². The van der Waals surface area contributed by atoms with E-state index in [1.807, 2.05) is 0 Å². The molecule has 0 unspecified atom stereocenters. The summed E-state index contributed by atoms with van der Waals surface area (Å²) < 4.78 is 0. The third kappa shape index (κ3) is 2.15. The lowest BCUT2D eigenvalue weighted by atomic mass is 9.80. The first-order chi connectivity index (χ1) is 6.36. The molecule has 2 N–H and O–H groups in total. The Kier molecular flexibility index (Phi) is 2.72. The maximum Gasteiger partial charge on any atom is 0.0273 e. The molecule has 1 nitrogen and oxygen atoms in total. The molecule has 0 bridgehead atoms. The SMILES string of the molecule is NC1=CCCC(C2CCCCC2)=C1. The highest BCUT2D eigenvalue weighted by Crippen LogP contribution is 2.33. The molecule has 0 atom stereocenters. The summed E-state index contributed by atoms with van der Waals surface area (Å²) in [4.78, 5) is 0. The van der Waals surface area contributed by atoms with Crippen LogP contribution in [0.5, 0.6) is 0 Å². The molecule has 0 aromatic heterocycles. The van der Waals surface area contributed by atoms with E-state index in [2.05, 4.69) is 12.2 Å². The quantitative estimate of drug-likeness (QED) is 0.654. The molecule has 72 valence electrons. The normalized spacial score (nSPS) is 25.2. The molecular formula is C12H19N. The third-order valence-electron chi connectivity index (χ3n) is 3.29. The predicted molar refractivity (Wildman–Crippen MR) is 56.2 cm³/mol. The maximum absolute atomic E-state index is 5.82. The second kappa shape index (κ2) is 3.99. The average molecular weight is 177 g/mol. The third-order valence-corrected chi connectivity index (χ3v) is 3.29. The molecule has 1 heteroatoms. The van der Waals surface area contributed by atoms with Crippen LogP contribution < -0.4 is 5.73 Å². The van der Waals surface area contributed by atoms with Gasteiger partial charge in [-0.3, -0.25) is 0 Å². The van der Waals surface area contributed by atoms with Gasteiger partial charge in [-0.2, -0.15) is 0 Å². The van der Waals surface area contributed by atoms with Gasteiger partial charge in [-0.05, 0) is 37.7 Å².